The molecule has 5 aromatic carbocycles. The third-order valence-corrected chi connectivity index (χ3v) is 30.3. The number of phenolic OH excluding ortho intramolecular Hbond substituents is 1. The van der Waals surface area contributed by atoms with Crippen molar-refractivity contribution in [3.8, 4) is 11.5 Å². The number of nitrogens with two attached hydrogens (primary N) is 2. The number of rotatable bonds is 30. The molecule has 6 bridgehead atoms. The Morgan fingerprint density at radius 2 is 1.44 bits per heavy atom. The number of aromatic hydroxyl groups is 1. The second kappa shape index (κ2) is 48.5. The van der Waals surface area contributed by atoms with E-state index in [1.807, 2.05) is 6.92 Å². The predicted octanol–water partition coefficient (Wildman–Crippen LogP) is 6.79. The molecule has 748 valence electrons. The van der Waals surface area contributed by atoms with Gasteiger partial charge in [0.15, 0.2) is 5.72 Å². The molecule has 16 atom stereocenters. The summed E-state index contributed by atoms with van der Waals surface area (Å²) in [6.07, 6.45) is -5.34. The molecule has 6 heterocycles. The number of anilines is 1. The number of nitrogens with zero attached hydrogens (tertiary/aromatic N) is 2. The van der Waals surface area contributed by atoms with Gasteiger partial charge in [0, 0.05) is 105 Å². The number of ether oxygens (including phenoxy) is 5. The van der Waals surface area contributed by atoms with Crippen molar-refractivity contribution in [3.05, 3.63) is 184 Å². The number of fused-ring (bicyclic) bond motifs is 7. The van der Waals surface area contributed by atoms with Crippen LogP contribution in [0.4, 0.5) is 28.4 Å². The number of allylic oxidation sites excluding steroid dienone is 3. The highest BCUT2D eigenvalue weighted by Crippen LogP contribution is 2.51. The van der Waals surface area contributed by atoms with Gasteiger partial charge in [0.2, 0.25) is 59.1 Å². The number of carbonyl (C=O) groups excluding carboxylic acids is 13. The molecule has 11 rings (SSSR count). The van der Waals surface area contributed by atoms with Crippen LogP contribution in [-0.4, -0.2) is 255 Å². The van der Waals surface area contributed by atoms with Crippen molar-refractivity contribution in [2.24, 2.45) is 11.5 Å². The number of aromatic amines is 1. The zero-order valence-corrected chi connectivity index (χ0v) is 82.0. The van der Waals surface area contributed by atoms with E-state index in [0.29, 0.717) is 46.0 Å². The van der Waals surface area contributed by atoms with E-state index < -0.39 is 207 Å². The number of methoxy groups -OCH3 is 2. The molecule has 44 heteroatoms. The number of hydrogen-bond donors (Lipinski definition) is 16. The summed E-state index contributed by atoms with van der Waals surface area (Å²) in [5.74, 6) is -11.2. The van der Waals surface area contributed by atoms with Gasteiger partial charge < -0.3 is 113 Å². The number of nitrogens with one attached hydrogen (secondary N) is 11. The molecule has 6 aromatic rings. The number of alkyl halides is 3. The number of para-hydroxylation sites is 1. The van der Waals surface area contributed by atoms with Gasteiger partial charge in [-0.15, -0.1) is 0 Å². The summed E-state index contributed by atoms with van der Waals surface area (Å²) < 4.78 is 69.2. The normalized spacial score (nSPS) is 24.9. The lowest BCUT2D eigenvalue weighted by Gasteiger charge is -2.59. The second-order valence-electron chi connectivity index (χ2n) is 35.4. The summed E-state index contributed by atoms with van der Waals surface area (Å²) in [7, 11) is 9.40. The second-order valence-corrected chi connectivity index (χ2v) is 41.4. The van der Waals surface area contributed by atoms with Crippen LogP contribution in [0.2, 0.25) is 5.02 Å². The number of amides is 13. The SMILES string of the molecule is COc1cc2cc(c1Cl)N(C)C(=O)C[C@H](OC(=O)[C@H](C)N(C)C(=O)CCSSC(C)(C)[C@H](NC(=O)[C@@H]1CSSC[C@H](NC(=O)[C@@H](Cc3ccccc3)NC(=O)NCc3ccc(C(F)(F)F)cc3)C(=O)N[C@@H](Cc3ccc(O)cc3)C(=O)N[C@H](Cc3c[nH]c4ccccc34)C(=O)N[C@@H](CCCCN)C(=O)N[C@@H]([C@@H](C)O)C(=O)N1)C(N)=O)[C@@]1(C)CC(C)(O1)[C@@H]1C[C@@](O)(NC(=O)O1)[C@H](OC)/C=C/C=C(\C)C2. The number of unbranched alkanes of at least 4 members (excludes halogenated alkanes) is 1. The number of primary amides is 1. The van der Waals surface area contributed by atoms with Crippen LogP contribution in [0.1, 0.15) is 127 Å². The first-order valence-electron chi connectivity index (χ1n) is 44.5. The number of hydrogen-bond acceptors (Lipinski definition) is 26. The summed E-state index contributed by atoms with van der Waals surface area (Å²) in [4.78, 5) is 196. The van der Waals surface area contributed by atoms with Crippen molar-refractivity contribution < 1.29 is 115 Å². The van der Waals surface area contributed by atoms with Gasteiger partial charge in [0.1, 0.15) is 100 Å². The molecule has 18 N–H and O–H groups in total. The van der Waals surface area contributed by atoms with Crippen LogP contribution in [0.5, 0.6) is 11.5 Å². The molecule has 13 amide bonds. The molecule has 36 nitrogen and oxygen atoms in total. The molecular weight excluding hydrogens is 1900 g/mol. The number of H-pyrrole nitrogens is 1. The van der Waals surface area contributed by atoms with Crippen molar-refractivity contribution >= 4 is 149 Å². The Morgan fingerprint density at radius 3 is 2.10 bits per heavy atom. The van der Waals surface area contributed by atoms with E-state index in [1.165, 1.54) is 71.3 Å². The quantitative estimate of drug-likeness (QED) is 0.0125. The minimum atomic E-state index is -4.65. The van der Waals surface area contributed by atoms with Gasteiger partial charge in [-0.3, -0.25) is 53.3 Å². The third kappa shape index (κ3) is 29.2. The Morgan fingerprint density at radius 1 is 0.797 bits per heavy atom. The first-order chi connectivity index (χ1) is 65.2. The average Bonchev–Trinajstić information content (AvgIpc) is 0.752. The van der Waals surface area contributed by atoms with Crippen LogP contribution in [0.3, 0.4) is 0 Å². The summed E-state index contributed by atoms with van der Waals surface area (Å²) in [5, 5.41) is 61.1. The molecule has 0 saturated carbocycles. The molecule has 1 aromatic heterocycles. The van der Waals surface area contributed by atoms with Crippen LogP contribution in [0.25, 0.3) is 10.9 Å². The number of aromatic nitrogens is 1. The van der Waals surface area contributed by atoms with Crippen molar-refractivity contribution in [2.45, 2.75) is 232 Å². The first kappa shape index (κ1) is 109. The highest BCUT2D eigenvalue weighted by Gasteiger charge is 2.64. The first-order valence-corrected chi connectivity index (χ1v) is 49.7. The number of esters is 1. The fourth-order valence-electron chi connectivity index (χ4n) is 16.3. The number of urea groups is 1. The van der Waals surface area contributed by atoms with Crippen molar-refractivity contribution in [2.75, 3.05) is 57.0 Å². The van der Waals surface area contributed by atoms with Gasteiger partial charge in [0.25, 0.3) is 0 Å². The molecule has 0 spiro atoms. The summed E-state index contributed by atoms with van der Waals surface area (Å²) >= 11 is 6.91. The van der Waals surface area contributed by atoms with Gasteiger partial charge in [0.05, 0.1) is 30.9 Å². The van der Waals surface area contributed by atoms with Crippen molar-refractivity contribution in [3.63, 3.8) is 0 Å². The van der Waals surface area contributed by atoms with E-state index in [0.717, 1.165) is 77.9 Å². The number of aliphatic hydroxyl groups excluding tert-OH is 1. The van der Waals surface area contributed by atoms with E-state index in [-0.39, 0.29) is 98.0 Å². The van der Waals surface area contributed by atoms with Crippen LogP contribution >= 0.6 is 54.8 Å². The van der Waals surface area contributed by atoms with Crippen LogP contribution in [0.15, 0.2) is 145 Å². The van der Waals surface area contributed by atoms with E-state index in [9.17, 15) is 66.8 Å². The number of alkyl carbamates (subject to hydrolysis) is 1. The number of halogens is 4. The molecule has 0 aliphatic carbocycles. The minimum Gasteiger partial charge on any atom is -0.508 e. The Labute approximate surface area is 817 Å². The molecule has 1 unspecified atom stereocenters. The maximum absolute atomic E-state index is 15.5. The average molecular weight is 2020 g/mol. The zero-order valence-electron chi connectivity index (χ0n) is 78.0. The Kier molecular flexibility index (Phi) is 38.2. The molecule has 5 aliphatic heterocycles. The van der Waals surface area contributed by atoms with Crippen molar-refractivity contribution in [1.29, 1.82) is 0 Å². The molecular formula is C94H119ClF3N15O21S4. The lowest BCUT2D eigenvalue weighted by Crippen LogP contribution is -2.72. The number of phenols is 1. The lowest BCUT2D eigenvalue weighted by atomic mass is 9.72. The Bertz CT molecular complexity index is 5430. The highest BCUT2D eigenvalue weighted by molar-refractivity contribution is 8.77. The van der Waals surface area contributed by atoms with Gasteiger partial charge in [-0.25, -0.2) is 14.4 Å². The van der Waals surface area contributed by atoms with E-state index >= 15 is 24.0 Å². The smallest absolute Gasteiger partial charge is 0.416 e. The van der Waals surface area contributed by atoms with Gasteiger partial charge >= 0.3 is 24.3 Å². The van der Waals surface area contributed by atoms with Gasteiger partial charge in [-0.1, -0.05) is 151 Å². The highest BCUT2D eigenvalue weighted by atomic mass is 35.5. The lowest BCUT2D eigenvalue weighted by molar-refractivity contribution is -0.328. The molecule has 138 heavy (non-hydrogen) atoms. The fraction of sp³-hybridized carbons (Fsp3) is 0.479. The summed E-state index contributed by atoms with van der Waals surface area (Å²) in [5.41, 5.74) is 10.4. The van der Waals surface area contributed by atoms with Crippen molar-refractivity contribution in [1.82, 2.24) is 63.1 Å². The van der Waals surface area contributed by atoms with E-state index in [2.05, 4.69) is 58.2 Å². The maximum atomic E-state index is 15.5. The third-order valence-electron chi connectivity index (χ3n) is 24.2. The Hall–Kier alpha value is -11.3. The maximum Gasteiger partial charge on any atom is 0.416 e. The molecule has 0 radical (unpaired) electrons. The fourth-order valence-corrected chi connectivity index (χ4v) is 21.6. The number of benzene rings is 5. The van der Waals surface area contributed by atoms with Crippen LogP contribution in [-0.2, 0) is 110 Å². The molecule has 3 fully saturated rings. The van der Waals surface area contributed by atoms with Gasteiger partial charge in [-0.2, -0.15) is 13.2 Å². The monoisotopic (exact) mass is 2010 g/mol. The molecule has 5 aliphatic rings. The minimum absolute atomic E-state index is 0.00327. The van der Waals surface area contributed by atoms with E-state index in [1.54, 1.807) is 119 Å². The number of aliphatic hydroxyl groups is 2. The zero-order chi connectivity index (χ0) is 101. The molecule has 3 saturated heterocycles. The number of likely N-dealkylation sites (N-methyl/N-ethyl adjacent to an activating group) is 1. The van der Waals surface area contributed by atoms with Gasteiger partial charge in [-0.05, 0) is 151 Å². The predicted molar refractivity (Wildman–Crippen MR) is 517 cm³/mol. The van der Waals surface area contributed by atoms with Crippen LogP contribution < -0.4 is 74.3 Å². The summed E-state index contributed by atoms with van der Waals surface area (Å²) in [6.45, 7) is 10.6. The standard InChI is InChI=1S/C94H119ClF3N15O21S4/c1-51-20-19-26-71(131-11)93(129)45-73(133-89(128)111-93)92(7)50-91(6,134-92)72(44-75(117)113(9)69-41-57(38-51)42-70(130-10)76(69)95)132-87(126)52(2)112(8)74(116)35-37-135-138-90(4,5)78(79(100)118)110-85(124)68-49-137-136-48-67(106-82(121)65(39-54-21-13-12-14-22-54)108-88(127)102-46-56-27-31-59(32-28-56)94(96,97)98)84(123)104-64(40-55-29-33-60(115)34-30-55)81(120)105-66(43-58-47-101-62-24-16-15-23-61(58)62)83(122)103-63(25-17-18-36-99)80(119)109-77(53(3)114)86(125)107-68/h12-16,19-24,26-34,41-42,47,52-53,63-68,71-73,77-78,101,114-115,129H,17-18,25,35-40,43-46,48-50,99H2,1-11H3,(H2,100,118)(H,103,122)(H,104,123)(H,105,120)(H,106,121)(H,107,125)(H,109,119)(H,110,124)(H,111,128)(H2,102,108,127)/b26-19+,51-20+/t52-,53+,63-,64-,65+,66+,67-,68-,71+,72-,73-,77-,78+,91+,92?,93-/m0/s1. The summed E-state index contributed by atoms with van der Waals surface area (Å²) in [6, 6.07) is 12.9. The topological polar surface area (TPSA) is 523 Å². The number of carbonyl (C=O) groups is 13. The Balaban J connectivity index is 0.896. The van der Waals surface area contributed by atoms with E-state index in [4.69, 9.17) is 46.8 Å². The van der Waals surface area contributed by atoms with Crippen LogP contribution in [0, 0.1) is 0 Å². The largest absolute Gasteiger partial charge is 0.508 e.